The molecule has 1 aliphatic heterocycles. The average Bonchev–Trinajstić information content (AvgIpc) is 3.22. The van der Waals surface area contributed by atoms with Crippen LogP contribution in [0.25, 0.3) is 0 Å². The average molecular weight is 316 g/mol. The number of nitrogens with one attached hydrogen (secondary N) is 1. The summed E-state index contributed by atoms with van der Waals surface area (Å²) in [5.74, 6) is -0.550. The van der Waals surface area contributed by atoms with Gasteiger partial charge in [-0.15, -0.1) is 0 Å². The van der Waals surface area contributed by atoms with E-state index in [1.807, 2.05) is 19.2 Å². The van der Waals surface area contributed by atoms with Gasteiger partial charge in [0, 0.05) is 19.2 Å². The number of hydrogen-bond acceptors (Lipinski definition) is 4. The lowest BCUT2D eigenvalue weighted by Gasteiger charge is -2.08. The molecule has 1 N–H and O–H groups in total. The minimum Gasteiger partial charge on any atom is -0.382 e. The van der Waals surface area contributed by atoms with E-state index in [0.29, 0.717) is 18.7 Å². The Bertz CT molecular complexity index is 724. The zero-order chi connectivity index (χ0) is 16.2. The Hall–Kier alpha value is -2.70. The second-order valence-corrected chi connectivity index (χ2v) is 5.22. The molecule has 23 heavy (non-hydrogen) atoms. The first-order valence-electron chi connectivity index (χ1n) is 7.44. The Labute approximate surface area is 132 Å². The van der Waals surface area contributed by atoms with Gasteiger partial charge in [0.2, 0.25) is 6.10 Å². The summed E-state index contributed by atoms with van der Waals surface area (Å²) >= 11 is 0. The van der Waals surface area contributed by atoms with Crippen molar-refractivity contribution in [3.05, 3.63) is 53.6 Å². The van der Waals surface area contributed by atoms with E-state index in [9.17, 15) is 9.18 Å². The Balaban J connectivity index is 1.53. The molecule has 0 spiro atoms. The van der Waals surface area contributed by atoms with Crippen LogP contribution in [0.15, 0.2) is 41.7 Å². The number of nitrogens with zero attached hydrogens (tertiary/aromatic N) is 3. The van der Waals surface area contributed by atoms with Gasteiger partial charge in [-0.3, -0.25) is 9.48 Å². The maximum Gasteiger partial charge on any atom is 0.264 e. The molecule has 0 aliphatic carbocycles. The van der Waals surface area contributed by atoms with Crippen LogP contribution in [0, 0.1) is 5.82 Å². The lowest BCUT2D eigenvalue weighted by molar-refractivity contribution is -0.131. The summed E-state index contributed by atoms with van der Waals surface area (Å²) in [6.45, 7) is 3.13. The van der Waals surface area contributed by atoms with Crippen molar-refractivity contribution >= 4 is 11.6 Å². The highest BCUT2D eigenvalue weighted by molar-refractivity contribution is 6.04. The zero-order valence-electron chi connectivity index (χ0n) is 12.7. The summed E-state index contributed by atoms with van der Waals surface area (Å²) in [6, 6.07) is 7.81. The van der Waals surface area contributed by atoms with Crippen molar-refractivity contribution in [2.75, 3.05) is 0 Å². The van der Waals surface area contributed by atoms with E-state index in [1.54, 1.807) is 16.8 Å². The molecule has 1 unspecified atom stereocenters. The third-order valence-electron chi connectivity index (χ3n) is 3.60. The lowest BCUT2D eigenvalue weighted by Crippen LogP contribution is -2.34. The van der Waals surface area contributed by atoms with E-state index in [4.69, 9.17) is 4.84 Å². The Kier molecular flexibility index (Phi) is 4.36. The highest BCUT2D eigenvalue weighted by Gasteiger charge is 2.28. The van der Waals surface area contributed by atoms with Gasteiger partial charge in [0.05, 0.1) is 18.0 Å². The smallest absolute Gasteiger partial charge is 0.264 e. The van der Waals surface area contributed by atoms with Crippen molar-refractivity contribution < 1.29 is 14.0 Å². The summed E-state index contributed by atoms with van der Waals surface area (Å²) in [5.41, 5.74) is 2.18. The van der Waals surface area contributed by atoms with E-state index in [2.05, 4.69) is 15.6 Å². The molecular weight excluding hydrogens is 299 g/mol. The van der Waals surface area contributed by atoms with Gasteiger partial charge >= 0.3 is 0 Å². The molecule has 0 saturated carbocycles. The molecule has 1 aliphatic rings. The number of aryl methyl sites for hydroxylation is 1. The third kappa shape index (κ3) is 3.56. The van der Waals surface area contributed by atoms with E-state index in [0.717, 1.165) is 17.8 Å². The summed E-state index contributed by atoms with van der Waals surface area (Å²) in [5, 5.41) is 11.0. The number of oxime groups is 1. The minimum absolute atomic E-state index is 0.239. The van der Waals surface area contributed by atoms with Crippen LogP contribution in [-0.4, -0.2) is 27.5 Å². The predicted octanol–water partition coefficient (Wildman–Crippen LogP) is 1.85. The second-order valence-electron chi connectivity index (χ2n) is 5.22. The SMILES string of the molecule is CCn1ccc(CNC(=O)C2CC(c3ccc(F)cc3)=NO2)n1. The van der Waals surface area contributed by atoms with Gasteiger partial charge in [-0.2, -0.15) is 5.10 Å². The molecule has 0 saturated heterocycles. The van der Waals surface area contributed by atoms with Crippen molar-refractivity contribution in [3.8, 4) is 0 Å². The quantitative estimate of drug-likeness (QED) is 0.915. The number of benzene rings is 1. The molecule has 1 atom stereocenters. The summed E-state index contributed by atoms with van der Waals surface area (Å²) < 4.78 is 14.7. The van der Waals surface area contributed by atoms with Gasteiger partial charge in [-0.25, -0.2) is 4.39 Å². The highest BCUT2D eigenvalue weighted by Crippen LogP contribution is 2.17. The zero-order valence-corrected chi connectivity index (χ0v) is 12.7. The van der Waals surface area contributed by atoms with E-state index < -0.39 is 6.10 Å². The molecule has 2 heterocycles. The Morgan fingerprint density at radius 2 is 2.17 bits per heavy atom. The number of carbonyl (C=O) groups excluding carboxylic acids is 1. The Morgan fingerprint density at radius 1 is 1.39 bits per heavy atom. The maximum absolute atomic E-state index is 12.9. The van der Waals surface area contributed by atoms with Crippen LogP contribution in [0.2, 0.25) is 0 Å². The van der Waals surface area contributed by atoms with Crippen LogP contribution in [0.1, 0.15) is 24.6 Å². The first-order chi connectivity index (χ1) is 11.2. The molecular formula is C16H17FN4O2. The summed E-state index contributed by atoms with van der Waals surface area (Å²) in [6.07, 6.45) is 1.56. The number of aromatic nitrogens is 2. The van der Waals surface area contributed by atoms with Gasteiger partial charge < -0.3 is 10.2 Å². The fraction of sp³-hybridized carbons (Fsp3) is 0.312. The van der Waals surface area contributed by atoms with Crippen LogP contribution in [0.3, 0.4) is 0 Å². The first-order valence-corrected chi connectivity index (χ1v) is 7.44. The third-order valence-corrected chi connectivity index (χ3v) is 3.60. The normalized spacial score (nSPS) is 16.8. The number of carbonyl (C=O) groups is 1. The monoisotopic (exact) mass is 316 g/mol. The molecule has 0 radical (unpaired) electrons. The molecule has 1 amide bonds. The van der Waals surface area contributed by atoms with E-state index in [1.165, 1.54) is 12.1 Å². The molecule has 6 nitrogen and oxygen atoms in total. The number of amides is 1. The van der Waals surface area contributed by atoms with Crippen LogP contribution >= 0.6 is 0 Å². The van der Waals surface area contributed by atoms with Crippen molar-refractivity contribution in [1.82, 2.24) is 15.1 Å². The lowest BCUT2D eigenvalue weighted by atomic mass is 10.0. The molecule has 7 heteroatoms. The first kappa shape index (κ1) is 15.2. The standard InChI is InChI=1S/C16H17FN4O2/c1-2-21-8-7-13(19-21)10-18-16(22)15-9-14(20-23-15)11-3-5-12(17)6-4-11/h3-8,15H,2,9-10H2,1H3,(H,18,22). The highest BCUT2D eigenvalue weighted by atomic mass is 19.1. The van der Waals surface area contributed by atoms with Crippen LogP contribution in [0.5, 0.6) is 0 Å². The van der Waals surface area contributed by atoms with Gasteiger partial charge in [-0.1, -0.05) is 17.3 Å². The molecule has 1 aromatic carbocycles. The van der Waals surface area contributed by atoms with Gasteiger partial charge in [0.25, 0.3) is 5.91 Å². The molecule has 1 aromatic heterocycles. The topological polar surface area (TPSA) is 68.5 Å². The number of halogens is 1. The molecule has 0 bridgehead atoms. The molecule has 2 aromatic rings. The maximum atomic E-state index is 12.9. The van der Waals surface area contributed by atoms with Crippen molar-refractivity contribution in [3.63, 3.8) is 0 Å². The Morgan fingerprint density at radius 3 is 2.87 bits per heavy atom. The molecule has 120 valence electrons. The van der Waals surface area contributed by atoms with Gasteiger partial charge in [0.1, 0.15) is 5.82 Å². The van der Waals surface area contributed by atoms with Crippen LogP contribution < -0.4 is 5.32 Å². The summed E-state index contributed by atoms with van der Waals surface area (Å²) in [4.78, 5) is 17.3. The summed E-state index contributed by atoms with van der Waals surface area (Å²) in [7, 11) is 0. The number of hydrogen-bond donors (Lipinski definition) is 1. The van der Waals surface area contributed by atoms with E-state index in [-0.39, 0.29) is 11.7 Å². The number of rotatable bonds is 5. The minimum atomic E-state index is -0.664. The second kappa shape index (κ2) is 6.60. The van der Waals surface area contributed by atoms with Gasteiger partial charge in [0.15, 0.2) is 0 Å². The largest absolute Gasteiger partial charge is 0.382 e. The van der Waals surface area contributed by atoms with Crippen molar-refractivity contribution in [2.45, 2.75) is 32.5 Å². The molecule has 0 fully saturated rings. The predicted molar refractivity (Wildman–Crippen MR) is 82.2 cm³/mol. The fourth-order valence-electron chi connectivity index (χ4n) is 2.30. The van der Waals surface area contributed by atoms with Crippen molar-refractivity contribution in [1.29, 1.82) is 0 Å². The van der Waals surface area contributed by atoms with Crippen LogP contribution in [-0.2, 0) is 22.7 Å². The van der Waals surface area contributed by atoms with Gasteiger partial charge in [-0.05, 0) is 30.7 Å². The fourth-order valence-corrected chi connectivity index (χ4v) is 2.30. The van der Waals surface area contributed by atoms with Crippen molar-refractivity contribution in [2.24, 2.45) is 5.16 Å². The van der Waals surface area contributed by atoms with E-state index >= 15 is 0 Å². The van der Waals surface area contributed by atoms with Crippen LogP contribution in [0.4, 0.5) is 4.39 Å². The molecule has 3 rings (SSSR count).